The fourth-order valence-corrected chi connectivity index (χ4v) is 3.49. The van der Waals surface area contributed by atoms with E-state index in [0.29, 0.717) is 0 Å². The highest BCUT2D eigenvalue weighted by Crippen LogP contribution is 2.34. The molecule has 1 aromatic heterocycles. The summed E-state index contributed by atoms with van der Waals surface area (Å²) in [5.41, 5.74) is -1.86. The molecule has 0 unspecified atom stereocenters. The summed E-state index contributed by atoms with van der Waals surface area (Å²) >= 11 is 0. The van der Waals surface area contributed by atoms with E-state index in [4.69, 9.17) is 5.14 Å². The minimum atomic E-state index is -4.60. The topological polar surface area (TPSA) is 78.0 Å². The Morgan fingerprint density at radius 2 is 1.73 bits per heavy atom. The minimum Gasteiger partial charge on any atom is -0.233 e. The van der Waals surface area contributed by atoms with Crippen molar-refractivity contribution in [3.05, 3.63) is 65.1 Å². The molecule has 0 aliphatic rings. The number of primary sulfonamides is 1. The summed E-state index contributed by atoms with van der Waals surface area (Å²) in [6.07, 6.45) is -7.61. The molecule has 0 saturated carbocycles. The first-order valence-corrected chi connectivity index (χ1v) is 9.72. The molecule has 0 saturated heterocycles. The van der Waals surface area contributed by atoms with Crippen LogP contribution in [0.3, 0.4) is 0 Å². The van der Waals surface area contributed by atoms with Gasteiger partial charge in [0.25, 0.3) is 6.43 Å². The normalized spacial score (nSPS) is 12.6. The zero-order chi connectivity index (χ0) is 22.4. The second-order valence-corrected chi connectivity index (χ2v) is 7.88. The highest BCUT2D eigenvalue weighted by atomic mass is 32.2. The van der Waals surface area contributed by atoms with E-state index in [2.05, 4.69) is 5.10 Å². The Balaban J connectivity index is 2.19. The highest BCUT2D eigenvalue weighted by Gasteiger charge is 2.32. The molecule has 0 aliphatic carbocycles. The largest absolute Gasteiger partial charge is 0.416 e. The molecule has 2 aromatic carbocycles. The van der Waals surface area contributed by atoms with E-state index in [1.807, 2.05) is 0 Å². The Morgan fingerprint density at radius 1 is 1.07 bits per heavy atom. The van der Waals surface area contributed by atoms with Gasteiger partial charge in [0.05, 0.1) is 16.9 Å². The Bertz CT molecular complexity index is 1220. The van der Waals surface area contributed by atoms with Crippen molar-refractivity contribution in [3.63, 3.8) is 0 Å². The van der Waals surface area contributed by atoms with Crippen molar-refractivity contribution in [2.24, 2.45) is 5.14 Å². The van der Waals surface area contributed by atoms with Crippen LogP contribution in [0.4, 0.5) is 26.3 Å². The van der Waals surface area contributed by atoms with E-state index >= 15 is 0 Å². The van der Waals surface area contributed by atoms with Gasteiger partial charge in [-0.3, -0.25) is 0 Å². The number of aryl methyl sites for hydroxylation is 1. The zero-order valence-electron chi connectivity index (χ0n) is 15.1. The maximum atomic E-state index is 14.2. The number of rotatable bonds is 4. The van der Waals surface area contributed by atoms with Gasteiger partial charge >= 0.3 is 6.18 Å². The quantitative estimate of drug-likeness (QED) is 0.592. The number of aromatic nitrogens is 2. The van der Waals surface area contributed by atoms with Gasteiger partial charge in [0.1, 0.15) is 16.4 Å². The van der Waals surface area contributed by atoms with E-state index in [1.54, 1.807) is 0 Å². The van der Waals surface area contributed by atoms with Gasteiger partial charge in [0, 0.05) is 5.56 Å². The second kappa shape index (κ2) is 7.43. The van der Waals surface area contributed by atoms with Crippen molar-refractivity contribution in [3.8, 4) is 16.9 Å². The standard InChI is InChI=1S/C18H13F6N3O2S/c1-9-6-11(3-4-12(9)18(22,23)24)27-15(8-14(26-27)17(20)21)10-2-5-16(13(19)7-10)30(25,28)29/h2-8,17H,1H3,(H2,25,28,29). The fraction of sp³-hybridized carbons (Fsp3) is 0.167. The summed E-state index contributed by atoms with van der Waals surface area (Å²) in [5, 5.41) is 8.61. The Kier molecular flexibility index (Phi) is 5.41. The van der Waals surface area contributed by atoms with Crippen molar-refractivity contribution in [2.75, 3.05) is 0 Å². The summed E-state index contributed by atoms with van der Waals surface area (Å²) in [5.74, 6) is -1.22. The number of nitrogens with two attached hydrogens (primary N) is 1. The van der Waals surface area contributed by atoms with E-state index in [0.717, 1.165) is 47.1 Å². The van der Waals surface area contributed by atoms with Gasteiger partial charge < -0.3 is 0 Å². The maximum absolute atomic E-state index is 14.2. The summed E-state index contributed by atoms with van der Waals surface area (Å²) < 4.78 is 103. The van der Waals surface area contributed by atoms with Crippen LogP contribution >= 0.6 is 0 Å². The molecule has 12 heteroatoms. The van der Waals surface area contributed by atoms with Crippen LogP contribution in [0.15, 0.2) is 47.4 Å². The Hall–Kier alpha value is -2.86. The molecular weight excluding hydrogens is 436 g/mol. The molecule has 0 spiro atoms. The predicted octanol–water partition coefficient (Wildman–Crippen LogP) is 4.59. The molecule has 0 radical (unpaired) electrons. The fourth-order valence-electron chi connectivity index (χ4n) is 2.90. The number of sulfonamides is 1. The van der Waals surface area contributed by atoms with Gasteiger partial charge in [-0.2, -0.15) is 18.3 Å². The molecule has 160 valence electrons. The van der Waals surface area contributed by atoms with Gasteiger partial charge in [-0.15, -0.1) is 0 Å². The minimum absolute atomic E-state index is 0.0262. The van der Waals surface area contributed by atoms with E-state index < -0.39 is 44.6 Å². The lowest BCUT2D eigenvalue weighted by Gasteiger charge is -2.13. The van der Waals surface area contributed by atoms with Crippen molar-refractivity contribution in [2.45, 2.75) is 24.4 Å². The smallest absolute Gasteiger partial charge is 0.233 e. The molecule has 30 heavy (non-hydrogen) atoms. The van der Waals surface area contributed by atoms with Gasteiger partial charge in [0.15, 0.2) is 0 Å². The first-order chi connectivity index (χ1) is 13.8. The Morgan fingerprint density at radius 3 is 2.23 bits per heavy atom. The first-order valence-electron chi connectivity index (χ1n) is 8.18. The van der Waals surface area contributed by atoms with Crippen molar-refractivity contribution in [1.29, 1.82) is 0 Å². The molecular formula is C18H13F6N3O2S. The van der Waals surface area contributed by atoms with Crippen LogP contribution < -0.4 is 5.14 Å². The number of benzene rings is 2. The van der Waals surface area contributed by atoms with Crippen LogP contribution in [0.25, 0.3) is 16.9 Å². The van der Waals surface area contributed by atoms with Gasteiger partial charge in [-0.05, 0) is 48.9 Å². The summed E-state index contributed by atoms with van der Waals surface area (Å²) in [7, 11) is -4.35. The summed E-state index contributed by atoms with van der Waals surface area (Å²) in [6, 6.07) is 6.60. The lowest BCUT2D eigenvalue weighted by Crippen LogP contribution is -2.14. The average Bonchev–Trinajstić information content (AvgIpc) is 3.05. The first kappa shape index (κ1) is 21.8. The summed E-state index contributed by atoms with van der Waals surface area (Å²) in [4.78, 5) is -0.795. The van der Waals surface area contributed by atoms with Gasteiger partial charge in [-0.1, -0.05) is 6.07 Å². The van der Waals surface area contributed by atoms with Crippen molar-refractivity contribution >= 4 is 10.0 Å². The molecule has 0 aliphatic heterocycles. The van der Waals surface area contributed by atoms with E-state index in [-0.39, 0.29) is 22.5 Å². The summed E-state index contributed by atoms with van der Waals surface area (Å²) in [6.45, 7) is 1.20. The lowest BCUT2D eigenvalue weighted by atomic mass is 10.1. The highest BCUT2D eigenvalue weighted by molar-refractivity contribution is 7.89. The van der Waals surface area contributed by atoms with Crippen molar-refractivity contribution in [1.82, 2.24) is 9.78 Å². The number of halogens is 6. The predicted molar refractivity (Wildman–Crippen MR) is 95.0 cm³/mol. The lowest BCUT2D eigenvalue weighted by molar-refractivity contribution is -0.138. The molecule has 5 nitrogen and oxygen atoms in total. The molecule has 3 aromatic rings. The molecule has 0 amide bonds. The number of hydrogen-bond donors (Lipinski definition) is 1. The van der Waals surface area contributed by atoms with E-state index in [1.165, 1.54) is 6.92 Å². The molecule has 0 fully saturated rings. The van der Waals surface area contributed by atoms with Crippen LogP contribution in [0.1, 0.15) is 23.2 Å². The van der Waals surface area contributed by atoms with Crippen LogP contribution in [0.2, 0.25) is 0 Å². The third-order valence-corrected chi connectivity index (χ3v) is 5.19. The number of alkyl halides is 5. The van der Waals surface area contributed by atoms with Gasteiger partial charge in [0.2, 0.25) is 10.0 Å². The number of nitrogens with zero attached hydrogens (tertiary/aromatic N) is 2. The van der Waals surface area contributed by atoms with Crippen LogP contribution in [-0.4, -0.2) is 18.2 Å². The monoisotopic (exact) mass is 449 g/mol. The third-order valence-electron chi connectivity index (χ3n) is 4.25. The molecule has 0 bridgehead atoms. The van der Waals surface area contributed by atoms with Crippen LogP contribution in [-0.2, 0) is 16.2 Å². The number of hydrogen-bond acceptors (Lipinski definition) is 3. The Labute approximate surface area is 166 Å². The molecule has 2 N–H and O–H groups in total. The van der Waals surface area contributed by atoms with Gasteiger partial charge in [-0.25, -0.2) is 31.4 Å². The van der Waals surface area contributed by atoms with Crippen LogP contribution in [0, 0.1) is 12.7 Å². The third kappa shape index (κ3) is 4.19. The van der Waals surface area contributed by atoms with Crippen molar-refractivity contribution < 1.29 is 34.8 Å². The maximum Gasteiger partial charge on any atom is 0.416 e. The molecule has 3 rings (SSSR count). The molecule has 0 atom stereocenters. The average molecular weight is 449 g/mol. The van der Waals surface area contributed by atoms with Crippen LogP contribution in [0.5, 0.6) is 0 Å². The molecule has 1 heterocycles. The second-order valence-electron chi connectivity index (χ2n) is 6.35. The van der Waals surface area contributed by atoms with E-state index in [9.17, 15) is 34.8 Å². The zero-order valence-corrected chi connectivity index (χ0v) is 15.9. The SMILES string of the molecule is Cc1cc(-n2nc(C(F)F)cc2-c2ccc(S(N)(=O)=O)c(F)c2)ccc1C(F)(F)F.